The fraction of sp³-hybridized carbons (Fsp3) is 0.500. The Morgan fingerprint density at radius 2 is 1.78 bits per heavy atom. The van der Waals surface area contributed by atoms with E-state index in [1.165, 1.54) is 12.1 Å². The van der Waals surface area contributed by atoms with Gasteiger partial charge in [0.2, 0.25) is 0 Å². The van der Waals surface area contributed by atoms with Crippen LogP contribution >= 0.6 is 0 Å². The van der Waals surface area contributed by atoms with Crippen LogP contribution < -0.4 is 0 Å². The Morgan fingerprint density at radius 3 is 2.35 bits per heavy atom. The fourth-order valence-corrected chi connectivity index (χ4v) is 3.00. The summed E-state index contributed by atoms with van der Waals surface area (Å²) in [6.07, 6.45) is 8.22. The van der Waals surface area contributed by atoms with Crippen LogP contribution in [0.3, 0.4) is 0 Å². The maximum Gasteiger partial charge on any atom is 0.142 e. The summed E-state index contributed by atoms with van der Waals surface area (Å²) >= 11 is 0. The van der Waals surface area contributed by atoms with Crippen molar-refractivity contribution in [3.63, 3.8) is 0 Å². The molecular weight excluding hydrogens is 297 g/mol. The summed E-state index contributed by atoms with van der Waals surface area (Å²) in [5.41, 5.74) is 0.557. The van der Waals surface area contributed by atoms with Crippen molar-refractivity contribution in [2.75, 3.05) is 0 Å². The van der Waals surface area contributed by atoms with Gasteiger partial charge in [0.25, 0.3) is 0 Å². The monoisotopic (exact) mass is 320 g/mol. The van der Waals surface area contributed by atoms with E-state index in [1.54, 1.807) is 6.08 Å². The molecule has 0 amide bonds. The van der Waals surface area contributed by atoms with Crippen molar-refractivity contribution in [3.8, 4) is 11.8 Å². The molecule has 0 saturated heterocycles. The quantitative estimate of drug-likeness (QED) is 0.601. The predicted molar refractivity (Wildman–Crippen MR) is 87.5 cm³/mol. The molecule has 2 rings (SSSR count). The van der Waals surface area contributed by atoms with E-state index in [0.717, 1.165) is 38.5 Å². The minimum absolute atomic E-state index is 0.129. The summed E-state index contributed by atoms with van der Waals surface area (Å²) in [5, 5.41) is 0. The topological polar surface area (TPSA) is 0 Å². The smallest absolute Gasteiger partial charge is 0.142 e. The number of allylic oxidation sites excluding steroid dienone is 1. The SMILES string of the molecule is CCCCc1cc(F)c(C#CC2CCC(/C=C/F)CC2)c(F)c1. The van der Waals surface area contributed by atoms with Crippen molar-refractivity contribution in [3.05, 3.63) is 47.3 Å². The number of rotatable bonds is 4. The molecule has 0 nitrogen and oxygen atoms in total. The molecule has 3 heteroatoms. The molecule has 1 fully saturated rings. The molecule has 1 aromatic carbocycles. The first-order valence-corrected chi connectivity index (χ1v) is 8.40. The van der Waals surface area contributed by atoms with E-state index in [1.807, 2.05) is 6.92 Å². The van der Waals surface area contributed by atoms with Gasteiger partial charge in [-0.25, -0.2) is 13.2 Å². The van der Waals surface area contributed by atoms with Crippen molar-refractivity contribution in [1.29, 1.82) is 0 Å². The van der Waals surface area contributed by atoms with Gasteiger partial charge in [-0.3, -0.25) is 0 Å². The summed E-state index contributed by atoms with van der Waals surface area (Å²) in [6.45, 7) is 2.05. The summed E-state index contributed by atoms with van der Waals surface area (Å²) in [4.78, 5) is 0. The molecule has 124 valence electrons. The normalized spacial score (nSPS) is 21.2. The highest BCUT2D eigenvalue weighted by atomic mass is 19.1. The van der Waals surface area contributed by atoms with Gasteiger partial charge in [0.05, 0.1) is 11.9 Å². The van der Waals surface area contributed by atoms with Gasteiger partial charge in [-0.1, -0.05) is 31.3 Å². The molecule has 0 N–H and O–H groups in total. The van der Waals surface area contributed by atoms with Gasteiger partial charge < -0.3 is 0 Å². The second-order valence-corrected chi connectivity index (χ2v) is 6.24. The Hall–Kier alpha value is -1.69. The zero-order valence-corrected chi connectivity index (χ0v) is 13.5. The van der Waals surface area contributed by atoms with E-state index in [-0.39, 0.29) is 17.4 Å². The van der Waals surface area contributed by atoms with Crippen LogP contribution in [-0.4, -0.2) is 0 Å². The molecule has 0 spiro atoms. The van der Waals surface area contributed by atoms with Crippen LogP contribution in [0.1, 0.15) is 56.6 Å². The zero-order valence-electron chi connectivity index (χ0n) is 13.5. The lowest BCUT2D eigenvalue weighted by Gasteiger charge is -2.22. The van der Waals surface area contributed by atoms with Crippen LogP contribution in [0.4, 0.5) is 13.2 Å². The number of hydrogen-bond acceptors (Lipinski definition) is 0. The molecule has 1 aliphatic rings. The van der Waals surface area contributed by atoms with E-state index >= 15 is 0 Å². The summed E-state index contributed by atoms with van der Waals surface area (Å²) in [6, 6.07) is 2.79. The van der Waals surface area contributed by atoms with E-state index in [4.69, 9.17) is 0 Å². The summed E-state index contributed by atoms with van der Waals surface area (Å²) in [5.74, 6) is 4.95. The molecule has 0 aliphatic heterocycles. The summed E-state index contributed by atoms with van der Waals surface area (Å²) < 4.78 is 40.3. The van der Waals surface area contributed by atoms with E-state index < -0.39 is 11.6 Å². The van der Waals surface area contributed by atoms with E-state index in [9.17, 15) is 13.2 Å². The standard InChI is InChI=1S/C20H23F3/c1-2-3-4-17-13-19(22)18(20(23)14-17)10-9-15-5-7-16(8-6-15)11-12-21/h11-16H,2-8H2,1H3/b12-11+. The van der Waals surface area contributed by atoms with Crippen molar-refractivity contribution >= 4 is 0 Å². The molecule has 23 heavy (non-hydrogen) atoms. The second-order valence-electron chi connectivity index (χ2n) is 6.24. The highest BCUT2D eigenvalue weighted by Crippen LogP contribution is 2.29. The van der Waals surface area contributed by atoms with Crippen LogP contribution in [0.5, 0.6) is 0 Å². The highest BCUT2D eigenvalue weighted by Gasteiger charge is 2.18. The Bertz CT molecular complexity index is 576. The Morgan fingerprint density at radius 1 is 1.13 bits per heavy atom. The van der Waals surface area contributed by atoms with Crippen LogP contribution in [0, 0.1) is 35.3 Å². The Labute approximate surface area is 136 Å². The highest BCUT2D eigenvalue weighted by molar-refractivity contribution is 5.39. The third kappa shape index (κ3) is 5.16. The Kier molecular flexibility index (Phi) is 6.77. The van der Waals surface area contributed by atoms with E-state index in [0.29, 0.717) is 18.3 Å². The third-order valence-corrected chi connectivity index (χ3v) is 4.44. The van der Waals surface area contributed by atoms with Gasteiger partial charge in [0, 0.05) is 5.92 Å². The number of unbranched alkanes of at least 4 members (excludes halogenated alkanes) is 1. The van der Waals surface area contributed by atoms with Crippen molar-refractivity contribution < 1.29 is 13.2 Å². The maximum absolute atomic E-state index is 14.1. The number of halogens is 3. The molecule has 0 aromatic heterocycles. The first kappa shape index (κ1) is 17.7. The van der Waals surface area contributed by atoms with Gasteiger partial charge in [0.1, 0.15) is 11.6 Å². The molecule has 0 heterocycles. The molecule has 1 saturated carbocycles. The van der Waals surface area contributed by atoms with Crippen molar-refractivity contribution in [2.24, 2.45) is 11.8 Å². The molecule has 1 aromatic rings. The van der Waals surface area contributed by atoms with E-state index in [2.05, 4.69) is 11.8 Å². The molecule has 0 atom stereocenters. The number of hydrogen-bond donors (Lipinski definition) is 0. The van der Waals surface area contributed by atoms with Crippen LogP contribution in [0.25, 0.3) is 0 Å². The molecule has 0 bridgehead atoms. The number of aryl methyl sites for hydroxylation is 1. The lowest BCUT2D eigenvalue weighted by atomic mass is 9.82. The first-order valence-electron chi connectivity index (χ1n) is 8.40. The minimum Gasteiger partial charge on any atom is -0.216 e. The van der Waals surface area contributed by atoms with Gasteiger partial charge in [-0.2, -0.15) is 0 Å². The molecule has 1 aliphatic carbocycles. The number of benzene rings is 1. The van der Waals surface area contributed by atoms with Gasteiger partial charge in [-0.15, -0.1) is 0 Å². The van der Waals surface area contributed by atoms with Crippen LogP contribution in [-0.2, 0) is 6.42 Å². The largest absolute Gasteiger partial charge is 0.216 e. The second kappa shape index (κ2) is 8.82. The predicted octanol–water partition coefficient (Wildman–Crippen LogP) is 5.95. The Balaban J connectivity index is 2.04. The van der Waals surface area contributed by atoms with Crippen LogP contribution in [0.2, 0.25) is 0 Å². The lowest BCUT2D eigenvalue weighted by molar-refractivity contribution is 0.362. The average molecular weight is 320 g/mol. The van der Waals surface area contributed by atoms with Gasteiger partial charge >= 0.3 is 0 Å². The zero-order chi connectivity index (χ0) is 16.7. The molecular formula is C20H23F3. The fourth-order valence-electron chi connectivity index (χ4n) is 3.00. The molecule has 0 unspecified atom stereocenters. The van der Waals surface area contributed by atoms with Crippen molar-refractivity contribution in [1.82, 2.24) is 0 Å². The van der Waals surface area contributed by atoms with Crippen molar-refractivity contribution in [2.45, 2.75) is 51.9 Å². The van der Waals surface area contributed by atoms with Gasteiger partial charge in [0.15, 0.2) is 0 Å². The average Bonchev–Trinajstić information content (AvgIpc) is 2.54. The lowest BCUT2D eigenvalue weighted by Crippen LogP contribution is -2.11. The molecule has 0 radical (unpaired) electrons. The third-order valence-electron chi connectivity index (χ3n) is 4.44. The maximum atomic E-state index is 14.1. The van der Waals surface area contributed by atoms with Crippen LogP contribution in [0.15, 0.2) is 24.5 Å². The minimum atomic E-state index is -0.572. The first-order chi connectivity index (χ1) is 11.1. The van der Waals surface area contributed by atoms with Gasteiger partial charge in [-0.05, 0) is 62.1 Å². The summed E-state index contributed by atoms with van der Waals surface area (Å²) in [7, 11) is 0.